The molecule has 2 rings (SSSR count). The van der Waals surface area contributed by atoms with Crippen molar-refractivity contribution in [2.75, 3.05) is 0 Å². The smallest absolute Gasteiger partial charge is 0.481 e. The molecule has 0 spiro atoms. The summed E-state index contributed by atoms with van der Waals surface area (Å²) in [5.41, 5.74) is -0.283. The number of halogens is 3. The number of carboxylic acids is 1. The van der Waals surface area contributed by atoms with E-state index >= 15 is 0 Å². The zero-order valence-electron chi connectivity index (χ0n) is 10.4. The number of carbonyl (C=O) groups is 1. The van der Waals surface area contributed by atoms with E-state index in [4.69, 9.17) is 5.11 Å². The van der Waals surface area contributed by atoms with Crippen molar-refractivity contribution in [1.29, 1.82) is 0 Å². The van der Waals surface area contributed by atoms with Crippen LogP contribution in [0.25, 0.3) is 0 Å². The van der Waals surface area contributed by atoms with Gasteiger partial charge in [0.25, 0.3) is 0 Å². The van der Waals surface area contributed by atoms with Gasteiger partial charge in [-0.25, -0.2) is 0 Å². The van der Waals surface area contributed by atoms with Gasteiger partial charge in [-0.2, -0.15) is 0 Å². The number of ether oxygens (including phenoxy) is 1. The second-order valence-corrected chi connectivity index (χ2v) is 5.20. The molecule has 19 heavy (non-hydrogen) atoms. The summed E-state index contributed by atoms with van der Waals surface area (Å²) in [5.74, 6) is -2.48. The number of alkyl halides is 3. The molecule has 1 aromatic carbocycles. The molecule has 1 N–H and O–H groups in total. The summed E-state index contributed by atoms with van der Waals surface area (Å²) in [5, 5.41) is 9.08. The molecule has 0 unspecified atom stereocenters. The molecule has 6 heteroatoms. The maximum Gasteiger partial charge on any atom is 0.573 e. The Bertz CT molecular complexity index is 508. The van der Waals surface area contributed by atoms with Crippen molar-refractivity contribution in [1.82, 2.24) is 0 Å². The van der Waals surface area contributed by atoms with Crippen molar-refractivity contribution < 1.29 is 27.8 Å². The molecular formula is C13H13F3O3. The fraction of sp³-hybridized carbons (Fsp3) is 0.462. The summed E-state index contributed by atoms with van der Waals surface area (Å²) in [6, 6.07) is 5.69. The standard InChI is InChI=1S/C13H13F3O3/c1-12(2)9(10(12)11(17)18)7-5-3-4-6-8(7)19-13(14,15)16/h3-6,9-10H,1-2H3,(H,17,18)/t9-,10+/m1/s1. The molecule has 0 saturated heterocycles. The number of para-hydroxylation sites is 1. The maximum absolute atomic E-state index is 12.3. The van der Waals surface area contributed by atoms with Gasteiger partial charge in [-0.05, 0) is 17.0 Å². The van der Waals surface area contributed by atoms with E-state index < -0.39 is 29.6 Å². The largest absolute Gasteiger partial charge is 0.573 e. The Hall–Kier alpha value is -1.72. The first-order valence-corrected chi connectivity index (χ1v) is 5.72. The lowest BCUT2D eigenvalue weighted by Crippen LogP contribution is -2.18. The zero-order chi connectivity index (χ0) is 14.4. The Balaban J connectivity index is 2.34. The Labute approximate surface area is 108 Å². The number of aliphatic carboxylic acids is 1. The van der Waals surface area contributed by atoms with Gasteiger partial charge in [0.15, 0.2) is 0 Å². The van der Waals surface area contributed by atoms with E-state index in [1.54, 1.807) is 19.9 Å². The summed E-state index contributed by atoms with van der Waals surface area (Å²) in [7, 11) is 0. The molecule has 0 aliphatic heterocycles. The summed E-state index contributed by atoms with van der Waals surface area (Å²) in [4.78, 5) is 11.1. The van der Waals surface area contributed by atoms with Crippen molar-refractivity contribution in [2.45, 2.75) is 26.1 Å². The van der Waals surface area contributed by atoms with Crippen molar-refractivity contribution in [2.24, 2.45) is 11.3 Å². The number of rotatable bonds is 3. The first-order chi connectivity index (χ1) is 8.64. The highest BCUT2D eigenvalue weighted by molar-refractivity contribution is 5.78. The van der Waals surface area contributed by atoms with E-state index in [2.05, 4.69) is 4.74 Å². The van der Waals surface area contributed by atoms with Crippen LogP contribution in [0.3, 0.4) is 0 Å². The highest BCUT2D eigenvalue weighted by atomic mass is 19.4. The second-order valence-electron chi connectivity index (χ2n) is 5.20. The van der Waals surface area contributed by atoms with Crippen LogP contribution in [0.2, 0.25) is 0 Å². The maximum atomic E-state index is 12.3. The van der Waals surface area contributed by atoms with Crippen LogP contribution in [-0.4, -0.2) is 17.4 Å². The van der Waals surface area contributed by atoms with Crippen LogP contribution in [0.15, 0.2) is 24.3 Å². The number of hydrogen-bond acceptors (Lipinski definition) is 2. The summed E-state index contributed by atoms with van der Waals surface area (Å²) in [6.45, 7) is 3.45. The van der Waals surface area contributed by atoms with E-state index in [1.165, 1.54) is 18.2 Å². The normalized spacial score (nSPS) is 24.9. The topological polar surface area (TPSA) is 46.5 Å². The van der Waals surface area contributed by atoms with E-state index in [0.717, 1.165) is 0 Å². The molecule has 2 atom stereocenters. The van der Waals surface area contributed by atoms with Crippen molar-refractivity contribution in [3.8, 4) is 5.75 Å². The molecule has 3 nitrogen and oxygen atoms in total. The molecule has 1 aliphatic rings. The van der Waals surface area contributed by atoms with Crippen LogP contribution in [-0.2, 0) is 4.79 Å². The van der Waals surface area contributed by atoms with E-state index in [1.807, 2.05) is 0 Å². The highest BCUT2D eigenvalue weighted by Gasteiger charge is 2.63. The molecule has 1 saturated carbocycles. The molecule has 0 amide bonds. The first-order valence-electron chi connectivity index (χ1n) is 5.72. The minimum Gasteiger partial charge on any atom is -0.481 e. The molecule has 1 aromatic rings. The van der Waals surface area contributed by atoms with Crippen LogP contribution >= 0.6 is 0 Å². The van der Waals surface area contributed by atoms with Crippen LogP contribution in [0.1, 0.15) is 25.3 Å². The van der Waals surface area contributed by atoms with Crippen LogP contribution in [0.4, 0.5) is 13.2 Å². The van der Waals surface area contributed by atoms with Gasteiger partial charge in [-0.3, -0.25) is 4.79 Å². The third kappa shape index (κ3) is 2.52. The quantitative estimate of drug-likeness (QED) is 0.918. The van der Waals surface area contributed by atoms with Crippen LogP contribution < -0.4 is 4.74 Å². The lowest BCUT2D eigenvalue weighted by atomic mass is 10.0. The average Bonchev–Trinajstić information content (AvgIpc) is 2.80. The van der Waals surface area contributed by atoms with Gasteiger partial charge in [0.2, 0.25) is 0 Å². The Kier molecular flexibility index (Phi) is 2.99. The minimum absolute atomic E-state index is 0.289. The SMILES string of the molecule is CC1(C)[C@H](C(=O)O)[C@H]1c1ccccc1OC(F)(F)F. The van der Waals surface area contributed by atoms with E-state index in [-0.39, 0.29) is 11.3 Å². The first kappa shape index (κ1) is 13.7. The fourth-order valence-electron chi connectivity index (χ4n) is 2.63. The molecule has 1 aliphatic carbocycles. The van der Waals surface area contributed by atoms with Gasteiger partial charge in [0.05, 0.1) is 5.92 Å². The Morgan fingerprint density at radius 1 is 1.32 bits per heavy atom. The van der Waals surface area contributed by atoms with Crippen LogP contribution in [0.5, 0.6) is 5.75 Å². The van der Waals surface area contributed by atoms with Crippen molar-refractivity contribution in [3.05, 3.63) is 29.8 Å². The van der Waals surface area contributed by atoms with Gasteiger partial charge in [-0.15, -0.1) is 13.2 Å². The average molecular weight is 274 g/mol. The third-order valence-electron chi connectivity index (χ3n) is 3.57. The van der Waals surface area contributed by atoms with Gasteiger partial charge >= 0.3 is 12.3 Å². The molecular weight excluding hydrogens is 261 g/mol. The van der Waals surface area contributed by atoms with Crippen LogP contribution in [0, 0.1) is 11.3 Å². The van der Waals surface area contributed by atoms with Gasteiger partial charge in [-0.1, -0.05) is 32.0 Å². The molecule has 0 aromatic heterocycles. The number of benzene rings is 1. The fourth-order valence-corrected chi connectivity index (χ4v) is 2.63. The summed E-state index contributed by atoms with van der Waals surface area (Å²) < 4.78 is 40.9. The Morgan fingerprint density at radius 3 is 2.37 bits per heavy atom. The third-order valence-corrected chi connectivity index (χ3v) is 3.57. The molecule has 0 radical (unpaired) electrons. The number of carboxylic acid groups (broad SMARTS) is 1. The predicted octanol–water partition coefficient (Wildman–Crippen LogP) is 3.41. The Morgan fingerprint density at radius 2 is 1.89 bits per heavy atom. The van der Waals surface area contributed by atoms with E-state index in [0.29, 0.717) is 0 Å². The van der Waals surface area contributed by atoms with Gasteiger partial charge < -0.3 is 9.84 Å². The van der Waals surface area contributed by atoms with Crippen molar-refractivity contribution in [3.63, 3.8) is 0 Å². The van der Waals surface area contributed by atoms with Crippen molar-refractivity contribution >= 4 is 5.97 Å². The van der Waals surface area contributed by atoms with E-state index in [9.17, 15) is 18.0 Å². The zero-order valence-corrected chi connectivity index (χ0v) is 10.4. The molecule has 104 valence electrons. The minimum atomic E-state index is -4.78. The summed E-state index contributed by atoms with van der Waals surface area (Å²) >= 11 is 0. The lowest BCUT2D eigenvalue weighted by Gasteiger charge is -2.13. The van der Waals surface area contributed by atoms with Gasteiger partial charge in [0.1, 0.15) is 5.75 Å². The molecule has 1 fully saturated rings. The predicted molar refractivity (Wildman–Crippen MR) is 60.8 cm³/mol. The highest BCUT2D eigenvalue weighted by Crippen LogP contribution is 2.65. The summed E-state index contributed by atoms with van der Waals surface area (Å²) in [6.07, 6.45) is -4.78. The monoisotopic (exact) mass is 274 g/mol. The molecule has 0 bridgehead atoms. The lowest BCUT2D eigenvalue weighted by molar-refractivity contribution is -0.274. The number of hydrogen-bond donors (Lipinski definition) is 1. The second kappa shape index (κ2) is 4.15. The van der Waals surface area contributed by atoms with Gasteiger partial charge in [0, 0.05) is 5.92 Å². The molecule has 0 heterocycles.